The fraction of sp³-hybridized carbons (Fsp3) is 1.00. The molecule has 3 heteroatoms. The molecule has 0 aliphatic carbocycles. The molecule has 0 atom stereocenters. The molecule has 1 spiro atoms. The van der Waals surface area contributed by atoms with Gasteiger partial charge in [-0.25, -0.2) is 0 Å². The van der Waals surface area contributed by atoms with Crippen LogP contribution in [0.5, 0.6) is 0 Å². The Bertz CT molecular complexity index is 108. The normalized spacial score (nSPS) is 24.4. The van der Waals surface area contributed by atoms with Crippen molar-refractivity contribution in [2.45, 2.75) is 39.5 Å². The van der Waals surface area contributed by atoms with E-state index in [1.807, 2.05) is 13.8 Å². The zero-order chi connectivity index (χ0) is 9.57. The molecule has 0 aromatic heterocycles. The Morgan fingerprint density at radius 3 is 2.21 bits per heavy atom. The van der Waals surface area contributed by atoms with Gasteiger partial charge in [-0.15, -0.1) is 13.1 Å². The van der Waals surface area contributed by atoms with Crippen molar-refractivity contribution >= 4 is 0 Å². The van der Waals surface area contributed by atoms with E-state index in [9.17, 15) is 0 Å². The second-order valence-electron chi connectivity index (χ2n) is 3.95. The predicted octanol–water partition coefficient (Wildman–Crippen LogP) is -0.446. The van der Waals surface area contributed by atoms with E-state index in [0.717, 1.165) is 13.1 Å². The monoisotopic (exact) mass is 222 g/mol. The summed E-state index contributed by atoms with van der Waals surface area (Å²) in [5, 5.41) is 7.90. The zero-order valence-electron chi connectivity index (χ0n) is 10.1. The molecule has 0 aromatic rings. The first-order valence-corrected chi connectivity index (χ1v) is 5.75. The molecule has 2 saturated heterocycles. The van der Waals surface area contributed by atoms with Crippen molar-refractivity contribution in [1.82, 2.24) is 5.32 Å². The molecule has 78 valence electrons. The number of hydrogen-bond acceptors (Lipinski definition) is 1. The van der Waals surface area contributed by atoms with Crippen LogP contribution in [0.3, 0.4) is 0 Å². The average Bonchev–Trinajstić information content (AvgIpc) is 2.23. The molecule has 2 rings (SSSR count). The van der Waals surface area contributed by atoms with Crippen LogP contribution in [0.25, 0.3) is 5.32 Å². The van der Waals surface area contributed by atoms with Gasteiger partial charge in [-0.3, -0.25) is 0 Å². The minimum atomic E-state index is 0. The van der Waals surface area contributed by atoms with E-state index >= 15 is 0 Å². The predicted molar refractivity (Wildman–Crippen MR) is 58.2 cm³/mol. The summed E-state index contributed by atoms with van der Waals surface area (Å²) in [5.41, 5.74) is 0.653. The van der Waals surface area contributed by atoms with Crippen molar-refractivity contribution in [2.75, 3.05) is 26.2 Å². The summed E-state index contributed by atoms with van der Waals surface area (Å²) >= 11 is 0. The fourth-order valence-corrected chi connectivity index (χ4v) is 2.33. The summed E-state index contributed by atoms with van der Waals surface area (Å²) in [6.07, 6.45) is 5.48. The molecule has 2 aliphatic rings. The van der Waals surface area contributed by atoms with Gasteiger partial charge in [0.2, 0.25) is 0 Å². The molecule has 0 unspecified atom stereocenters. The van der Waals surface area contributed by atoms with Gasteiger partial charge >= 0.3 is 51.4 Å². The molecule has 2 aliphatic heterocycles. The van der Waals surface area contributed by atoms with Crippen molar-refractivity contribution in [3.05, 3.63) is 5.32 Å². The van der Waals surface area contributed by atoms with Crippen molar-refractivity contribution in [1.29, 1.82) is 0 Å². The molecule has 2 heterocycles. The summed E-state index contributed by atoms with van der Waals surface area (Å²) in [4.78, 5) is 0. The number of nitrogens with one attached hydrogen (secondary N) is 1. The van der Waals surface area contributed by atoms with Crippen LogP contribution in [-0.2, 0) is 0 Å². The van der Waals surface area contributed by atoms with Crippen molar-refractivity contribution in [3.8, 4) is 0 Å². The largest absolute Gasteiger partial charge is 1.00 e. The maximum absolute atomic E-state index is 4.40. The number of piperidine rings is 2. The molecule has 0 bridgehead atoms. The maximum atomic E-state index is 4.40. The van der Waals surface area contributed by atoms with Crippen LogP contribution in [0, 0.1) is 5.41 Å². The van der Waals surface area contributed by atoms with Gasteiger partial charge in [0.05, 0.1) is 0 Å². The fourth-order valence-electron chi connectivity index (χ4n) is 2.33. The van der Waals surface area contributed by atoms with E-state index in [1.165, 1.54) is 38.8 Å². The number of rotatable bonds is 0. The molecule has 14 heavy (non-hydrogen) atoms. The van der Waals surface area contributed by atoms with Crippen molar-refractivity contribution in [2.24, 2.45) is 5.41 Å². The summed E-state index contributed by atoms with van der Waals surface area (Å²) < 4.78 is 0. The first-order chi connectivity index (χ1) is 6.41. The Kier molecular flexibility index (Phi) is 9.64. The molecule has 0 aromatic carbocycles. The molecule has 0 saturated carbocycles. The van der Waals surface area contributed by atoms with Crippen LogP contribution < -0.4 is 56.7 Å². The summed E-state index contributed by atoms with van der Waals surface area (Å²) in [6.45, 7) is 8.71. The topological polar surface area (TPSA) is 26.1 Å². The van der Waals surface area contributed by atoms with Crippen molar-refractivity contribution in [3.63, 3.8) is 0 Å². The molecule has 0 radical (unpaired) electrons. The quantitative estimate of drug-likeness (QED) is 0.552. The minimum absolute atomic E-state index is 0. The molecule has 0 amide bonds. The Morgan fingerprint density at radius 1 is 1.07 bits per heavy atom. The Labute approximate surface area is 131 Å². The van der Waals surface area contributed by atoms with Crippen LogP contribution in [0.15, 0.2) is 0 Å². The van der Waals surface area contributed by atoms with Crippen LogP contribution in [0.2, 0.25) is 0 Å². The van der Waals surface area contributed by atoms with Gasteiger partial charge in [-0.2, -0.15) is 0 Å². The smallest absolute Gasteiger partial charge is 0.662 e. The van der Waals surface area contributed by atoms with Gasteiger partial charge in [-0.05, 0) is 24.8 Å². The second-order valence-corrected chi connectivity index (χ2v) is 3.95. The van der Waals surface area contributed by atoms with Gasteiger partial charge in [0.1, 0.15) is 0 Å². The molecular weight excluding hydrogens is 199 g/mol. The maximum Gasteiger partial charge on any atom is 1.00 e. The standard InChI is InChI=1S/C9H17N2.C2H6.K/c1-2-9(8-11-5-1)3-6-10-7-4-9;1-2;/h11H,1-8H2;1-2H3;/q-1;;+1. The molecule has 2 nitrogen and oxygen atoms in total. The van der Waals surface area contributed by atoms with E-state index in [2.05, 4.69) is 10.6 Å². The van der Waals surface area contributed by atoms with Gasteiger partial charge in [0.15, 0.2) is 0 Å². The van der Waals surface area contributed by atoms with E-state index in [4.69, 9.17) is 0 Å². The van der Waals surface area contributed by atoms with E-state index in [-0.39, 0.29) is 51.4 Å². The Balaban J connectivity index is 0.000000531. The Morgan fingerprint density at radius 2 is 1.71 bits per heavy atom. The van der Waals surface area contributed by atoms with Crippen LogP contribution in [0.1, 0.15) is 39.5 Å². The third kappa shape index (κ3) is 4.60. The number of hydrogen-bond donors (Lipinski definition) is 1. The van der Waals surface area contributed by atoms with E-state index < -0.39 is 0 Å². The van der Waals surface area contributed by atoms with Crippen molar-refractivity contribution < 1.29 is 51.4 Å². The summed E-state index contributed by atoms with van der Waals surface area (Å²) in [6, 6.07) is 0. The van der Waals surface area contributed by atoms with Gasteiger partial charge in [0.25, 0.3) is 0 Å². The Hall–Kier alpha value is 1.56. The summed E-state index contributed by atoms with van der Waals surface area (Å²) in [7, 11) is 0. The van der Waals surface area contributed by atoms with Crippen LogP contribution in [-0.4, -0.2) is 26.2 Å². The SMILES string of the molecule is C1CNCC2(C1)CC[N-]CC2.CC.[K+]. The first kappa shape index (κ1) is 15.6. The second kappa shape index (κ2) is 8.68. The third-order valence-electron chi connectivity index (χ3n) is 3.16. The summed E-state index contributed by atoms with van der Waals surface area (Å²) in [5.74, 6) is 0. The zero-order valence-corrected chi connectivity index (χ0v) is 13.2. The van der Waals surface area contributed by atoms with Crippen LogP contribution >= 0.6 is 0 Å². The average molecular weight is 222 g/mol. The minimum Gasteiger partial charge on any atom is -0.662 e. The van der Waals surface area contributed by atoms with E-state index in [1.54, 1.807) is 0 Å². The molecule has 2 fully saturated rings. The van der Waals surface area contributed by atoms with Gasteiger partial charge < -0.3 is 10.6 Å². The van der Waals surface area contributed by atoms with E-state index in [0.29, 0.717) is 5.41 Å². The first-order valence-electron chi connectivity index (χ1n) is 5.75. The van der Waals surface area contributed by atoms with Gasteiger partial charge in [0, 0.05) is 6.54 Å². The molecule has 1 N–H and O–H groups in total. The van der Waals surface area contributed by atoms with Crippen LogP contribution in [0.4, 0.5) is 0 Å². The molecular formula is C11H23KN2. The number of nitrogens with zero attached hydrogens (tertiary/aromatic N) is 1. The van der Waals surface area contributed by atoms with Gasteiger partial charge in [-0.1, -0.05) is 26.7 Å². The third-order valence-corrected chi connectivity index (χ3v) is 3.16.